The van der Waals surface area contributed by atoms with Crippen molar-refractivity contribution in [1.82, 2.24) is 80.3 Å². The van der Waals surface area contributed by atoms with Crippen LogP contribution in [0.15, 0.2) is 73.8 Å². The van der Waals surface area contributed by atoms with E-state index in [-0.39, 0.29) is 64.9 Å². The molecule has 728 valence electrons. The van der Waals surface area contributed by atoms with Crippen LogP contribution in [0.4, 0.5) is 0 Å². The number of hydrogen-bond acceptors (Lipinski definition) is 20. The fraction of sp³-hybridized carbons (Fsp3) is 0.778. The van der Waals surface area contributed by atoms with Crippen LogP contribution in [0.3, 0.4) is 0 Å². The van der Waals surface area contributed by atoms with Gasteiger partial charge in [-0.25, -0.2) is 9.36 Å². The van der Waals surface area contributed by atoms with E-state index >= 15 is 0 Å². The highest BCUT2D eigenvalue weighted by molar-refractivity contribution is 9.09. The maximum absolute atomic E-state index is 13.6. The van der Waals surface area contributed by atoms with Crippen molar-refractivity contribution in [2.24, 2.45) is 164 Å². The molecule has 0 spiro atoms. The van der Waals surface area contributed by atoms with E-state index in [2.05, 4.69) is 137 Å². The molecule has 8 aromatic heterocycles. The Morgan fingerprint density at radius 2 is 0.687 bits per heavy atom. The zero-order valence-electron chi connectivity index (χ0n) is 83.3. The molecular weight excluding hydrogens is 1760 g/mol. The average molecular weight is 1920 g/mol. The Hall–Kier alpha value is -6.45. The van der Waals surface area contributed by atoms with E-state index in [1.165, 1.54) is 154 Å². The Balaban J connectivity index is 0.000000112. The number of aliphatic hydroxyl groups is 4. The number of ketones is 4. The molecule has 134 heavy (non-hydrogen) atoms. The molecule has 0 unspecified atom stereocenters. The first-order valence-corrected chi connectivity index (χ1v) is 54.3. The number of nitrogens with one attached hydrogen (secondary N) is 1. The van der Waals surface area contributed by atoms with E-state index in [0.717, 1.165) is 230 Å². The van der Waals surface area contributed by atoms with E-state index in [4.69, 9.17) is 2.25 Å². The summed E-state index contributed by atoms with van der Waals surface area (Å²) in [6.07, 6.45) is 59.6. The molecule has 32 atom stereocenters. The third-order valence-electron chi connectivity index (χ3n) is 42.6. The van der Waals surface area contributed by atoms with Crippen molar-refractivity contribution in [2.45, 2.75) is 354 Å². The molecule has 24 nitrogen and oxygen atoms in total. The van der Waals surface area contributed by atoms with Crippen LogP contribution in [-0.2, 0) is 38.8 Å². The molecule has 8 heterocycles. The van der Waals surface area contributed by atoms with Gasteiger partial charge in [-0.15, -0.1) is 10.2 Å². The van der Waals surface area contributed by atoms with Gasteiger partial charge in [0.15, 0.2) is 17.3 Å². The lowest BCUT2D eigenvalue weighted by molar-refractivity contribution is -0.134. The topological polar surface area (TPSA) is 334 Å². The predicted octanol–water partition coefficient (Wildman–Crippen LogP) is 20.2. The Bertz CT molecular complexity index is 5290. The van der Waals surface area contributed by atoms with Gasteiger partial charge in [-0.05, 0) is 421 Å². The Labute approximate surface area is 810 Å². The minimum absolute atomic E-state index is 0.123. The lowest BCUT2D eigenvalue weighted by Gasteiger charge is -2.57. The highest BCUT2D eigenvalue weighted by Crippen LogP contribution is 2.71. The second kappa shape index (κ2) is 38.5. The van der Waals surface area contributed by atoms with Crippen LogP contribution in [0, 0.1) is 164 Å². The van der Waals surface area contributed by atoms with Gasteiger partial charge in [-0.1, -0.05) is 81.7 Å². The molecule has 8 aromatic rings. The summed E-state index contributed by atoms with van der Waals surface area (Å²) in [5.74, 6) is 17.5. The zero-order chi connectivity index (χ0) is 95.0. The summed E-state index contributed by atoms with van der Waals surface area (Å²) in [6.45, 7) is 19.2. The molecule has 0 bridgehead atoms. The van der Waals surface area contributed by atoms with Gasteiger partial charge in [0.25, 0.3) is 0 Å². The molecule has 0 aliphatic heterocycles. The number of nitrogens with zero attached hydrogens (tertiary/aromatic N) is 15. The van der Waals surface area contributed by atoms with Gasteiger partial charge in [0.05, 0.1) is 60.3 Å². The molecule has 16 aliphatic rings. The van der Waals surface area contributed by atoms with E-state index in [0.29, 0.717) is 83.0 Å². The third-order valence-corrected chi connectivity index (χ3v) is 43.2. The highest BCUT2D eigenvalue weighted by Gasteiger charge is 2.65. The Kier molecular flexibility index (Phi) is 27.0. The van der Waals surface area contributed by atoms with Crippen molar-refractivity contribution in [3.63, 3.8) is 0 Å². The van der Waals surface area contributed by atoms with Crippen LogP contribution in [0.1, 0.15) is 312 Å². The number of fused-ring (bicyclic) bond motifs is 24. The van der Waals surface area contributed by atoms with Crippen LogP contribution in [-0.4, -0.2) is 154 Å². The minimum Gasteiger partial charge on any atom is -0.390 e. The van der Waals surface area contributed by atoms with Crippen LogP contribution in [0.5, 0.6) is 0 Å². The monoisotopic (exact) mass is 1920 g/mol. The smallest absolute Gasteiger partial charge is 0.159 e. The molecular formula is C108H155BrN16O8S. The Morgan fingerprint density at radius 1 is 0.366 bits per heavy atom. The predicted molar refractivity (Wildman–Crippen MR) is 525 cm³/mol. The van der Waals surface area contributed by atoms with Crippen molar-refractivity contribution >= 4 is 96.5 Å². The van der Waals surface area contributed by atoms with Crippen molar-refractivity contribution < 1.29 is 39.6 Å². The first-order chi connectivity index (χ1) is 65.5. The number of H-pyrrole nitrogens is 1. The first kappa shape index (κ1) is 93.8. The van der Waals surface area contributed by atoms with E-state index in [1.54, 1.807) is 69.8 Å². The number of carbonyl (C=O) groups excluding carboxylic acids is 4. The molecule has 0 saturated heterocycles. The SMILES string of the molecule is CC[C@@]1(O)CC[C@H]2[C@H](CC[C@@H]3[C@@H]2CC[C@]2(C)[C@@H](C(=O)CBr)CC[C@@H]32)C1.CC[C@@]1(O)CC[C@H]2[C@H](CC[C@@H]3[C@@H]2CC[C@]2(C)[C@@H](C(=O)Cn4nc5ccncc5n4)CC[C@@H]32)C1.CC[C@@]1(O)CC[C@H]2[C@H](CC[C@@H]3[C@@H]2CC[C@]2(C)[C@@H](C(=O)Cn4nnc5ccncc54)CC[C@@H]32)C1.CC[C@@]1(O)CC[C@H]2[C@H](CC[C@@H]3[C@@H]2CC[C@]2(C)[C@@H](C(=O)Cn4nnc5cnccc54)CC[C@@H]32)C1.[2H]S[2H].c1cc2n[nH]nc2cn1. The number of carbonyl (C=O) groups is 4. The fourth-order valence-electron chi connectivity index (χ4n) is 35.6. The Morgan fingerprint density at radius 3 is 1.07 bits per heavy atom. The summed E-state index contributed by atoms with van der Waals surface area (Å²) in [4.78, 5) is 71.0. The van der Waals surface area contributed by atoms with Crippen molar-refractivity contribution in [3.05, 3.63) is 73.8 Å². The van der Waals surface area contributed by atoms with Gasteiger partial charge < -0.3 is 20.4 Å². The van der Waals surface area contributed by atoms with Gasteiger partial charge in [-0.3, -0.25) is 39.1 Å². The molecule has 26 heteroatoms. The van der Waals surface area contributed by atoms with Gasteiger partial charge in [0.2, 0.25) is 0 Å². The molecule has 16 aliphatic carbocycles. The summed E-state index contributed by atoms with van der Waals surface area (Å²) in [5, 5.41) is 80.1. The second-order valence-corrected chi connectivity index (χ2v) is 48.3. The quantitative estimate of drug-likeness (QED) is 0.0595. The molecule has 24 rings (SSSR count). The number of alkyl halides is 1. The second-order valence-electron chi connectivity index (χ2n) is 47.7. The van der Waals surface area contributed by atoms with E-state index in [9.17, 15) is 39.6 Å². The number of halogens is 1. The highest BCUT2D eigenvalue weighted by atomic mass is 79.9. The van der Waals surface area contributed by atoms with Crippen molar-refractivity contribution in [2.75, 3.05) is 5.33 Å². The molecule has 16 fully saturated rings. The summed E-state index contributed by atoms with van der Waals surface area (Å²) in [5.41, 5.74) is 5.51. The minimum atomic E-state index is -0.414. The van der Waals surface area contributed by atoms with Gasteiger partial charge in [0, 0.05) is 48.5 Å². The van der Waals surface area contributed by atoms with Crippen LogP contribution < -0.4 is 0 Å². The van der Waals surface area contributed by atoms with Crippen LogP contribution in [0.2, 0.25) is 0 Å². The van der Waals surface area contributed by atoms with Crippen molar-refractivity contribution in [3.8, 4) is 0 Å². The largest absolute Gasteiger partial charge is 0.390 e. The number of aromatic nitrogens is 16. The molecule has 0 amide bonds. The van der Waals surface area contributed by atoms with Crippen molar-refractivity contribution in [1.29, 1.82) is 2.25 Å². The standard InChI is InChI=1S/3C27H38N4O2.C22H35BrO2.C5H4N4.H2S/c1-3-27(33)12-9-18-17(14-27)4-5-20-19(18)8-11-26(2)21(20)6-7-22(26)25(32)16-31-24-10-13-28-15-23(24)29-30-31;1-3-27(33)12-9-18-17(14-27)4-5-20-19(18)8-11-26(2)21(20)6-7-22(26)25(32)16-31-24-15-28-13-10-23(24)29-30-31;1-3-27(33)12-9-18-17(14-27)4-5-20-19(18)8-11-26(2)21(20)6-7-22(26)25(32)16-31-29-23-10-13-28-15-24(23)30-31;1-3-22(25)11-9-15-14(12-22)4-5-17-16(15)8-10-21(2)18(17)6-7-19(21)20(24)13-23;1-2-6-3-5-4(1)7-9-8-5;/h3*10,13,15,17-22,33H,3-9,11-12,14,16H2,1-2H3;14-19,25H,3-13H2,1-2H3;1-3H,(H,7,8,9);1H2/t3*17-,18+,19-,20-,21+,22-,26+,27-;14-,15+,16-,17-,18+,19-,21+,22-;;/m1111../s1/i/hD2. The summed E-state index contributed by atoms with van der Waals surface area (Å²) in [7, 11) is 0. The maximum Gasteiger partial charge on any atom is 0.159 e. The normalized spacial score (nSPS) is 42.0. The number of rotatable bonds is 15. The van der Waals surface area contributed by atoms with Gasteiger partial charge in [-0.2, -0.15) is 43.7 Å². The maximum atomic E-state index is 13.6. The fourth-order valence-corrected chi connectivity index (χ4v) is 35.9. The summed E-state index contributed by atoms with van der Waals surface area (Å²) < 4.78 is 15.1. The lowest BCUT2D eigenvalue weighted by Crippen LogP contribution is -2.51. The lowest BCUT2D eigenvalue weighted by atomic mass is 9.48. The first-order valence-electron chi connectivity index (χ1n) is 54.0. The molecule has 5 N–H and O–H groups in total. The molecule has 16 saturated carbocycles. The summed E-state index contributed by atoms with van der Waals surface area (Å²) >= 11 is 3.67. The van der Waals surface area contributed by atoms with Crippen LogP contribution in [0.25, 0.3) is 44.1 Å². The van der Waals surface area contributed by atoms with E-state index in [1.807, 2.05) is 18.2 Å². The number of hydrogen-bond donors (Lipinski definition) is 5. The average Bonchev–Trinajstić information content (AvgIpc) is 1.48. The van der Waals surface area contributed by atoms with Gasteiger partial charge >= 0.3 is 0 Å². The summed E-state index contributed by atoms with van der Waals surface area (Å²) in [6, 6.07) is 7.40. The van der Waals surface area contributed by atoms with E-state index < -0.39 is 16.8 Å². The number of pyridine rings is 4. The third kappa shape index (κ3) is 17.7. The van der Waals surface area contributed by atoms with Gasteiger partial charge in [0.1, 0.15) is 64.0 Å². The van der Waals surface area contributed by atoms with Crippen LogP contribution >= 0.6 is 29.2 Å². The molecule has 0 aromatic carbocycles. The molecule has 0 radical (unpaired) electrons. The number of aromatic amines is 1. The zero-order valence-corrected chi connectivity index (χ0v) is 83.7. The number of Topliss-reactive ketones (excluding diaryl/α,β-unsaturated/α-hetero) is 4.